The zero-order chi connectivity index (χ0) is 14.8. The van der Waals surface area contributed by atoms with Gasteiger partial charge < -0.3 is 14.2 Å². The molecule has 1 aliphatic rings. The highest BCUT2D eigenvalue weighted by atomic mass is 16.5. The first-order valence-electron chi connectivity index (χ1n) is 6.72. The summed E-state index contributed by atoms with van der Waals surface area (Å²) in [6.45, 7) is 0.326. The van der Waals surface area contributed by atoms with E-state index < -0.39 is 0 Å². The highest BCUT2D eigenvalue weighted by molar-refractivity contribution is 6.06. The Labute approximate surface area is 123 Å². The Morgan fingerprint density at radius 3 is 2.52 bits per heavy atom. The Hall–Kier alpha value is -2.49. The SMILES string of the molecule is COc1cc(OC)c2c(c1)OCC(c1ccccc1)C2=O. The minimum atomic E-state index is -0.305. The van der Waals surface area contributed by atoms with Crippen LogP contribution in [0, 0.1) is 0 Å². The van der Waals surface area contributed by atoms with Crippen LogP contribution in [0.4, 0.5) is 0 Å². The van der Waals surface area contributed by atoms with Crippen molar-refractivity contribution in [3.05, 3.63) is 53.6 Å². The van der Waals surface area contributed by atoms with Gasteiger partial charge in [0, 0.05) is 12.1 Å². The molecular formula is C17H16O4. The Bertz CT molecular complexity index is 647. The van der Waals surface area contributed by atoms with Gasteiger partial charge in [-0.3, -0.25) is 4.79 Å². The van der Waals surface area contributed by atoms with Crippen molar-refractivity contribution in [1.29, 1.82) is 0 Å². The van der Waals surface area contributed by atoms with Crippen molar-refractivity contribution in [2.24, 2.45) is 0 Å². The maximum atomic E-state index is 12.8. The molecule has 0 amide bonds. The summed E-state index contributed by atoms with van der Waals surface area (Å²) in [7, 11) is 3.10. The largest absolute Gasteiger partial charge is 0.496 e. The third-order valence-corrected chi connectivity index (χ3v) is 3.67. The Morgan fingerprint density at radius 1 is 1.10 bits per heavy atom. The molecule has 1 unspecified atom stereocenters. The monoisotopic (exact) mass is 284 g/mol. The van der Waals surface area contributed by atoms with Crippen LogP contribution in [0.5, 0.6) is 17.2 Å². The number of rotatable bonds is 3. The summed E-state index contributed by atoms with van der Waals surface area (Å²) >= 11 is 0. The third-order valence-electron chi connectivity index (χ3n) is 3.67. The zero-order valence-corrected chi connectivity index (χ0v) is 12.0. The van der Waals surface area contributed by atoms with Crippen LogP contribution in [-0.2, 0) is 0 Å². The summed E-state index contributed by atoms with van der Waals surface area (Å²) in [5.41, 5.74) is 1.43. The van der Waals surface area contributed by atoms with Crippen LogP contribution in [0.3, 0.4) is 0 Å². The number of carbonyl (C=O) groups excluding carboxylic acids is 1. The van der Waals surface area contributed by atoms with Crippen LogP contribution >= 0.6 is 0 Å². The number of Topliss-reactive ketones (excluding diaryl/α,β-unsaturated/α-hetero) is 1. The Balaban J connectivity index is 2.05. The molecule has 0 spiro atoms. The van der Waals surface area contributed by atoms with Crippen LogP contribution in [-0.4, -0.2) is 26.6 Å². The molecule has 0 aliphatic carbocycles. The second kappa shape index (κ2) is 5.48. The van der Waals surface area contributed by atoms with Crippen LogP contribution < -0.4 is 14.2 Å². The fourth-order valence-corrected chi connectivity index (χ4v) is 2.56. The lowest BCUT2D eigenvalue weighted by Crippen LogP contribution is -2.26. The van der Waals surface area contributed by atoms with Gasteiger partial charge in [0.05, 0.1) is 20.1 Å². The first kappa shape index (κ1) is 13.5. The average molecular weight is 284 g/mol. The third kappa shape index (κ3) is 2.33. The number of ether oxygens (including phenoxy) is 3. The molecule has 0 fully saturated rings. The topological polar surface area (TPSA) is 44.8 Å². The molecule has 21 heavy (non-hydrogen) atoms. The first-order chi connectivity index (χ1) is 10.2. The molecule has 0 radical (unpaired) electrons. The molecule has 1 atom stereocenters. The fraction of sp³-hybridized carbons (Fsp3) is 0.235. The first-order valence-corrected chi connectivity index (χ1v) is 6.72. The summed E-state index contributed by atoms with van der Waals surface area (Å²) in [6.07, 6.45) is 0. The molecule has 108 valence electrons. The van der Waals surface area contributed by atoms with Gasteiger partial charge in [0.15, 0.2) is 5.78 Å². The van der Waals surface area contributed by atoms with Gasteiger partial charge in [-0.05, 0) is 5.56 Å². The van der Waals surface area contributed by atoms with Crippen molar-refractivity contribution < 1.29 is 19.0 Å². The number of ketones is 1. The lowest BCUT2D eigenvalue weighted by Gasteiger charge is -2.26. The standard InChI is InChI=1S/C17H16O4/c1-19-12-8-14(20-2)16-15(9-12)21-10-13(17(16)18)11-6-4-3-5-7-11/h3-9,13H,10H2,1-2H3. The van der Waals surface area contributed by atoms with Gasteiger partial charge in [-0.1, -0.05) is 30.3 Å². The van der Waals surface area contributed by atoms with Gasteiger partial charge in [0.1, 0.15) is 29.4 Å². The van der Waals surface area contributed by atoms with E-state index in [1.165, 1.54) is 7.11 Å². The summed E-state index contributed by atoms with van der Waals surface area (Å²) in [6, 6.07) is 13.1. The molecule has 3 rings (SSSR count). The minimum absolute atomic E-state index is 0.0157. The van der Waals surface area contributed by atoms with Crippen molar-refractivity contribution in [2.75, 3.05) is 20.8 Å². The molecule has 0 N–H and O–H groups in total. The fourth-order valence-electron chi connectivity index (χ4n) is 2.56. The normalized spacial score (nSPS) is 16.9. The van der Waals surface area contributed by atoms with E-state index in [1.54, 1.807) is 19.2 Å². The molecule has 4 heteroatoms. The van der Waals surface area contributed by atoms with E-state index in [4.69, 9.17) is 14.2 Å². The minimum Gasteiger partial charge on any atom is -0.496 e. The number of fused-ring (bicyclic) bond motifs is 1. The van der Waals surface area contributed by atoms with E-state index in [0.29, 0.717) is 29.4 Å². The molecule has 2 aromatic rings. The maximum absolute atomic E-state index is 12.8. The van der Waals surface area contributed by atoms with E-state index in [0.717, 1.165) is 5.56 Å². The summed E-state index contributed by atoms with van der Waals surface area (Å²) in [4.78, 5) is 12.8. The lowest BCUT2D eigenvalue weighted by molar-refractivity contribution is 0.0891. The average Bonchev–Trinajstić information content (AvgIpc) is 2.54. The zero-order valence-electron chi connectivity index (χ0n) is 12.0. The van der Waals surface area contributed by atoms with Crippen LogP contribution in [0.1, 0.15) is 21.8 Å². The molecule has 1 aliphatic heterocycles. The van der Waals surface area contributed by atoms with Gasteiger partial charge in [-0.25, -0.2) is 0 Å². The second-order valence-corrected chi connectivity index (χ2v) is 4.84. The van der Waals surface area contributed by atoms with Crippen molar-refractivity contribution in [2.45, 2.75) is 5.92 Å². The predicted molar refractivity (Wildman–Crippen MR) is 78.6 cm³/mol. The lowest BCUT2D eigenvalue weighted by atomic mass is 9.88. The van der Waals surface area contributed by atoms with Crippen LogP contribution in [0.2, 0.25) is 0 Å². The number of hydrogen-bond acceptors (Lipinski definition) is 4. The smallest absolute Gasteiger partial charge is 0.181 e. The van der Waals surface area contributed by atoms with E-state index in [1.807, 2.05) is 30.3 Å². The molecule has 1 heterocycles. The van der Waals surface area contributed by atoms with Gasteiger partial charge in [0.25, 0.3) is 0 Å². The Morgan fingerprint density at radius 2 is 1.86 bits per heavy atom. The molecule has 0 bridgehead atoms. The predicted octanol–water partition coefficient (Wildman–Crippen LogP) is 3.06. The number of methoxy groups -OCH3 is 2. The number of benzene rings is 2. The van der Waals surface area contributed by atoms with Crippen LogP contribution in [0.15, 0.2) is 42.5 Å². The Kier molecular flexibility index (Phi) is 3.52. The van der Waals surface area contributed by atoms with Crippen molar-refractivity contribution in [3.63, 3.8) is 0 Å². The van der Waals surface area contributed by atoms with Gasteiger partial charge in [0.2, 0.25) is 0 Å². The van der Waals surface area contributed by atoms with E-state index in [-0.39, 0.29) is 11.7 Å². The maximum Gasteiger partial charge on any atom is 0.181 e. The molecule has 0 saturated carbocycles. The molecule has 0 saturated heterocycles. The van der Waals surface area contributed by atoms with Gasteiger partial charge in [-0.15, -0.1) is 0 Å². The van der Waals surface area contributed by atoms with E-state index in [2.05, 4.69) is 0 Å². The van der Waals surface area contributed by atoms with Crippen molar-refractivity contribution >= 4 is 5.78 Å². The molecular weight excluding hydrogens is 268 g/mol. The highest BCUT2D eigenvalue weighted by Crippen LogP contribution is 2.40. The van der Waals surface area contributed by atoms with Crippen LogP contribution in [0.25, 0.3) is 0 Å². The van der Waals surface area contributed by atoms with E-state index >= 15 is 0 Å². The summed E-state index contributed by atoms with van der Waals surface area (Å²) < 4.78 is 16.3. The molecule has 4 nitrogen and oxygen atoms in total. The van der Waals surface area contributed by atoms with Crippen molar-refractivity contribution in [1.82, 2.24) is 0 Å². The van der Waals surface area contributed by atoms with Gasteiger partial charge >= 0.3 is 0 Å². The number of carbonyl (C=O) groups is 1. The number of hydrogen-bond donors (Lipinski definition) is 0. The second-order valence-electron chi connectivity index (χ2n) is 4.84. The van der Waals surface area contributed by atoms with E-state index in [9.17, 15) is 4.79 Å². The highest BCUT2D eigenvalue weighted by Gasteiger charge is 2.33. The van der Waals surface area contributed by atoms with Crippen molar-refractivity contribution in [3.8, 4) is 17.2 Å². The van der Waals surface area contributed by atoms with Gasteiger partial charge in [-0.2, -0.15) is 0 Å². The summed E-state index contributed by atoms with van der Waals surface area (Å²) in [5.74, 6) is 1.32. The summed E-state index contributed by atoms with van der Waals surface area (Å²) in [5, 5.41) is 0. The molecule has 2 aromatic carbocycles. The molecule has 0 aromatic heterocycles. The quantitative estimate of drug-likeness (QED) is 0.869.